The second-order valence-corrected chi connectivity index (χ2v) is 5.42. The van der Waals surface area contributed by atoms with Crippen molar-refractivity contribution < 1.29 is 4.79 Å². The highest BCUT2D eigenvalue weighted by Crippen LogP contribution is 2.26. The van der Waals surface area contributed by atoms with E-state index >= 15 is 0 Å². The number of hydrogen-bond acceptors (Lipinski definition) is 4. The standard InChI is InChI=1S/C13H11Cl2N3OS/c1-18(10-6-4-3-5-9(10)14)12(19)8-7-16-13(20-2)17-11(8)15/h3-7H,1-2H3. The van der Waals surface area contributed by atoms with Crippen LogP contribution in [0.25, 0.3) is 0 Å². The Morgan fingerprint density at radius 2 is 2.00 bits per heavy atom. The maximum atomic E-state index is 12.4. The Morgan fingerprint density at radius 3 is 2.60 bits per heavy atom. The Labute approximate surface area is 131 Å². The van der Waals surface area contributed by atoms with Gasteiger partial charge in [-0.05, 0) is 18.4 Å². The number of carbonyl (C=O) groups is 1. The van der Waals surface area contributed by atoms with Crippen LogP contribution in [0.4, 0.5) is 5.69 Å². The Hall–Kier alpha value is -1.30. The van der Waals surface area contributed by atoms with Crippen LogP contribution in [0.5, 0.6) is 0 Å². The Bertz CT molecular complexity index is 651. The van der Waals surface area contributed by atoms with Gasteiger partial charge in [-0.3, -0.25) is 4.79 Å². The summed E-state index contributed by atoms with van der Waals surface area (Å²) in [6.45, 7) is 0. The Morgan fingerprint density at radius 1 is 1.30 bits per heavy atom. The fourth-order valence-corrected chi connectivity index (χ4v) is 2.46. The molecule has 0 saturated heterocycles. The van der Waals surface area contributed by atoms with Gasteiger partial charge in [0.2, 0.25) is 0 Å². The van der Waals surface area contributed by atoms with Crippen molar-refractivity contribution in [3.8, 4) is 0 Å². The van der Waals surface area contributed by atoms with Crippen LogP contribution in [0.3, 0.4) is 0 Å². The fraction of sp³-hybridized carbons (Fsp3) is 0.154. The summed E-state index contributed by atoms with van der Waals surface area (Å²) in [6.07, 6.45) is 3.26. The molecule has 0 spiro atoms. The largest absolute Gasteiger partial charge is 0.310 e. The van der Waals surface area contributed by atoms with Crippen molar-refractivity contribution in [3.63, 3.8) is 0 Å². The molecule has 2 aromatic rings. The summed E-state index contributed by atoms with van der Waals surface area (Å²) in [6, 6.07) is 7.08. The number of halogens is 2. The Kier molecular flexibility index (Phi) is 4.86. The minimum atomic E-state index is -0.309. The van der Waals surface area contributed by atoms with Crippen LogP contribution >= 0.6 is 35.0 Å². The number of hydrogen-bond donors (Lipinski definition) is 0. The van der Waals surface area contributed by atoms with Crippen molar-refractivity contribution in [3.05, 3.63) is 46.2 Å². The average Bonchev–Trinajstić information content (AvgIpc) is 2.46. The minimum absolute atomic E-state index is 0.133. The molecular weight excluding hydrogens is 317 g/mol. The van der Waals surface area contributed by atoms with Gasteiger partial charge in [0.1, 0.15) is 5.15 Å². The van der Waals surface area contributed by atoms with Gasteiger partial charge in [0.05, 0.1) is 16.3 Å². The van der Waals surface area contributed by atoms with E-state index in [1.807, 2.05) is 6.26 Å². The van der Waals surface area contributed by atoms with Crippen molar-refractivity contribution in [1.29, 1.82) is 0 Å². The zero-order valence-electron chi connectivity index (χ0n) is 10.8. The van der Waals surface area contributed by atoms with E-state index in [9.17, 15) is 4.79 Å². The quantitative estimate of drug-likeness (QED) is 0.489. The third-order valence-corrected chi connectivity index (χ3v) is 3.82. The number of nitrogens with zero attached hydrogens (tertiary/aromatic N) is 3. The maximum absolute atomic E-state index is 12.4. The van der Waals surface area contributed by atoms with Gasteiger partial charge in [-0.15, -0.1) is 0 Å². The summed E-state index contributed by atoms with van der Waals surface area (Å²) in [7, 11) is 1.63. The molecule has 1 amide bonds. The molecule has 1 aromatic carbocycles. The molecule has 2 rings (SSSR count). The first kappa shape index (κ1) is 15.1. The molecule has 1 aromatic heterocycles. The van der Waals surface area contributed by atoms with E-state index in [2.05, 4.69) is 9.97 Å². The van der Waals surface area contributed by atoms with E-state index in [0.29, 0.717) is 15.9 Å². The molecule has 1 heterocycles. The molecule has 0 radical (unpaired) electrons. The van der Waals surface area contributed by atoms with Crippen molar-refractivity contribution >= 4 is 46.6 Å². The van der Waals surface area contributed by atoms with E-state index in [4.69, 9.17) is 23.2 Å². The van der Waals surface area contributed by atoms with Crippen molar-refractivity contribution in [2.75, 3.05) is 18.2 Å². The van der Waals surface area contributed by atoms with Gasteiger partial charge in [-0.1, -0.05) is 47.1 Å². The monoisotopic (exact) mass is 327 g/mol. The second kappa shape index (κ2) is 6.43. The van der Waals surface area contributed by atoms with Gasteiger partial charge < -0.3 is 4.90 Å². The number of rotatable bonds is 3. The normalized spacial score (nSPS) is 10.4. The molecule has 0 aliphatic heterocycles. The van der Waals surface area contributed by atoms with Gasteiger partial charge in [0, 0.05) is 13.2 Å². The van der Waals surface area contributed by atoms with E-state index in [1.165, 1.54) is 22.9 Å². The summed E-state index contributed by atoms with van der Waals surface area (Å²) in [5, 5.41) is 1.14. The number of para-hydroxylation sites is 1. The molecule has 0 aliphatic carbocycles. The highest BCUT2D eigenvalue weighted by molar-refractivity contribution is 7.98. The van der Waals surface area contributed by atoms with Crippen LogP contribution in [0.1, 0.15) is 10.4 Å². The predicted molar refractivity (Wildman–Crippen MR) is 83.0 cm³/mol. The van der Waals surface area contributed by atoms with Gasteiger partial charge in [0.25, 0.3) is 5.91 Å². The molecule has 0 N–H and O–H groups in total. The first-order chi connectivity index (χ1) is 9.54. The molecule has 4 nitrogen and oxygen atoms in total. The summed E-state index contributed by atoms with van der Waals surface area (Å²) >= 11 is 13.5. The molecule has 0 bridgehead atoms. The summed E-state index contributed by atoms with van der Waals surface area (Å²) < 4.78 is 0. The zero-order chi connectivity index (χ0) is 14.7. The number of benzene rings is 1. The second-order valence-electron chi connectivity index (χ2n) is 3.88. The van der Waals surface area contributed by atoms with Gasteiger partial charge >= 0.3 is 0 Å². The van der Waals surface area contributed by atoms with Crippen molar-refractivity contribution in [2.24, 2.45) is 0 Å². The lowest BCUT2D eigenvalue weighted by Crippen LogP contribution is -2.27. The van der Waals surface area contributed by atoms with Crippen LogP contribution in [-0.4, -0.2) is 29.2 Å². The number of carbonyl (C=O) groups excluding carboxylic acids is 1. The first-order valence-corrected chi connectivity index (χ1v) is 7.61. The van der Waals surface area contributed by atoms with Gasteiger partial charge in [-0.25, -0.2) is 9.97 Å². The third-order valence-electron chi connectivity index (χ3n) is 2.65. The first-order valence-electron chi connectivity index (χ1n) is 5.63. The molecule has 20 heavy (non-hydrogen) atoms. The highest BCUT2D eigenvalue weighted by Gasteiger charge is 2.19. The number of amides is 1. The Balaban J connectivity index is 2.34. The smallest absolute Gasteiger partial charge is 0.262 e. The van der Waals surface area contributed by atoms with Crippen molar-refractivity contribution in [2.45, 2.75) is 5.16 Å². The maximum Gasteiger partial charge on any atom is 0.262 e. The average molecular weight is 328 g/mol. The zero-order valence-corrected chi connectivity index (χ0v) is 13.1. The number of anilines is 1. The summed E-state index contributed by atoms with van der Waals surface area (Å²) in [4.78, 5) is 21.9. The lowest BCUT2D eigenvalue weighted by molar-refractivity contribution is 0.0992. The van der Waals surface area contributed by atoms with E-state index < -0.39 is 0 Å². The summed E-state index contributed by atoms with van der Waals surface area (Å²) in [5.41, 5.74) is 0.844. The lowest BCUT2D eigenvalue weighted by atomic mass is 10.2. The molecular formula is C13H11Cl2N3OS. The highest BCUT2D eigenvalue weighted by atomic mass is 35.5. The molecule has 0 unspecified atom stereocenters. The van der Waals surface area contributed by atoms with Gasteiger partial charge in [-0.2, -0.15) is 0 Å². The number of aromatic nitrogens is 2. The molecule has 7 heteroatoms. The predicted octanol–water partition coefficient (Wildman–Crippen LogP) is 3.78. The van der Waals surface area contributed by atoms with E-state index in [-0.39, 0.29) is 16.6 Å². The lowest BCUT2D eigenvalue weighted by Gasteiger charge is -2.18. The van der Waals surface area contributed by atoms with Crippen LogP contribution in [0.2, 0.25) is 10.2 Å². The van der Waals surface area contributed by atoms with Crippen LogP contribution in [-0.2, 0) is 0 Å². The van der Waals surface area contributed by atoms with Crippen LogP contribution in [0, 0.1) is 0 Å². The topological polar surface area (TPSA) is 46.1 Å². The summed E-state index contributed by atoms with van der Waals surface area (Å²) in [5.74, 6) is -0.309. The molecule has 0 saturated carbocycles. The number of thioether (sulfide) groups is 1. The van der Waals surface area contributed by atoms with Crippen molar-refractivity contribution in [1.82, 2.24) is 9.97 Å². The van der Waals surface area contributed by atoms with E-state index in [1.54, 1.807) is 31.3 Å². The SMILES string of the molecule is CSc1ncc(C(=O)N(C)c2ccccc2Cl)c(Cl)n1. The van der Waals surface area contributed by atoms with E-state index in [0.717, 1.165) is 0 Å². The van der Waals surface area contributed by atoms with Crippen LogP contribution in [0.15, 0.2) is 35.6 Å². The minimum Gasteiger partial charge on any atom is -0.310 e. The third kappa shape index (κ3) is 3.06. The molecule has 0 atom stereocenters. The van der Waals surface area contributed by atoms with Crippen LogP contribution < -0.4 is 4.90 Å². The molecule has 0 fully saturated rings. The molecule has 0 aliphatic rings. The fourth-order valence-electron chi connectivity index (χ4n) is 1.60. The molecule has 104 valence electrons. The van der Waals surface area contributed by atoms with Gasteiger partial charge in [0.15, 0.2) is 5.16 Å².